The minimum absolute atomic E-state index is 0.0595. The van der Waals surface area contributed by atoms with Crippen molar-refractivity contribution in [3.05, 3.63) is 102 Å². The van der Waals surface area contributed by atoms with Gasteiger partial charge >= 0.3 is 0 Å². The molecule has 150 valence electrons. The van der Waals surface area contributed by atoms with Gasteiger partial charge in [0.2, 0.25) is 5.91 Å². The van der Waals surface area contributed by atoms with Crippen LogP contribution in [-0.4, -0.2) is 27.8 Å². The molecule has 5 heteroatoms. The fourth-order valence-electron chi connectivity index (χ4n) is 2.98. The molecule has 0 aliphatic rings. The van der Waals surface area contributed by atoms with Crippen molar-refractivity contribution >= 4 is 21.8 Å². The molecule has 0 heterocycles. The third-order valence-corrected chi connectivity index (χ3v) is 5.07. The number of carbonyl (C=O) groups excluding carboxylic acids is 1. The summed E-state index contributed by atoms with van der Waals surface area (Å²) >= 11 is 3.23. The lowest BCUT2D eigenvalue weighted by atomic mass is 10.1. The Balaban J connectivity index is 1.60. The van der Waals surface area contributed by atoms with E-state index in [0.717, 1.165) is 22.4 Å². The fourth-order valence-corrected chi connectivity index (χ4v) is 3.34. The van der Waals surface area contributed by atoms with Gasteiger partial charge in [-0.2, -0.15) is 0 Å². The minimum Gasteiger partial charge on any atom is -0.489 e. The number of nitrogens with zero attached hydrogens (tertiary/aromatic N) is 1. The van der Waals surface area contributed by atoms with Crippen LogP contribution in [0, 0.1) is 0 Å². The van der Waals surface area contributed by atoms with Crippen molar-refractivity contribution in [2.75, 3.05) is 11.9 Å². The predicted octanol–water partition coefficient (Wildman–Crippen LogP) is 4.72. The van der Waals surface area contributed by atoms with Crippen LogP contribution in [0.15, 0.2) is 84.9 Å². The summed E-state index contributed by atoms with van der Waals surface area (Å²) in [6.07, 6.45) is -0.773. The zero-order valence-electron chi connectivity index (χ0n) is 16.1. The van der Waals surface area contributed by atoms with Crippen LogP contribution in [0.1, 0.15) is 22.8 Å². The monoisotopic (exact) mass is 453 g/mol. The van der Waals surface area contributed by atoms with Gasteiger partial charge in [-0.25, -0.2) is 0 Å². The number of carbonyl (C=O) groups is 1. The summed E-state index contributed by atoms with van der Waals surface area (Å²) in [6.45, 7) is 1.18. The first-order chi connectivity index (χ1) is 14.2. The van der Waals surface area contributed by atoms with E-state index in [1.807, 2.05) is 84.9 Å². The van der Waals surface area contributed by atoms with Gasteiger partial charge in [-0.05, 0) is 28.8 Å². The highest BCUT2D eigenvalue weighted by Gasteiger charge is 2.18. The van der Waals surface area contributed by atoms with Crippen molar-refractivity contribution in [3.63, 3.8) is 0 Å². The highest BCUT2D eigenvalue weighted by Crippen LogP contribution is 2.21. The Kier molecular flexibility index (Phi) is 7.85. The van der Waals surface area contributed by atoms with E-state index in [1.165, 1.54) is 0 Å². The number of aliphatic hydroxyl groups is 1. The molecule has 0 bridgehead atoms. The molecule has 0 fully saturated rings. The maximum Gasteiger partial charge on any atom is 0.233 e. The molecule has 0 unspecified atom stereocenters. The van der Waals surface area contributed by atoms with Crippen molar-refractivity contribution in [2.24, 2.45) is 0 Å². The van der Waals surface area contributed by atoms with Gasteiger partial charge in [0.15, 0.2) is 0 Å². The van der Waals surface area contributed by atoms with E-state index in [0.29, 0.717) is 13.2 Å². The highest BCUT2D eigenvalue weighted by molar-refractivity contribution is 9.09. The van der Waals surface area contributed by atoms with Gasteiger partial charge < -0.3 is 14.7 Å². The summed E-state index contributed by atoms with van der Waals surface area (Å²) < 4.78 is 5.79. The summed E-state index contributed by atoms with van der Waals surface area (Å²) in [7, 11) is 0. The second-order valence-electron chi connectivity index (χ2n) is 6.75. The largest absolute Gasteiger partial charge is 0.489 e. The van der Waals surface area contributed by atoms with E-state index < -0.39 is 6.10 Å². The Morgan fingerprint density at radius 1 is 0.897 bits per heavy atom. The molecule has 0 aliphatic carbocycles. The zero-order chi connectivity index (χ0) is 20.5. The van der Waals surface area contributed by atoms with Crippen molar-refractivity contribution < 1.29 is 14.6 Å². The van der Waals surface area contributed by atoms with Crippen molar-refractivity contribution in [3.8, 4) is 5.75 Å². The first-order valence-corrected chi connectivity index (χ1v) is 10.6. The Hall–Kier alpha value is -2.63. The van der Waals surface area contributed by atoms with E-state index in [-0.39, 0.29) is 17.8 Å². The Morgan fingerprint density at radius 3 is 2.07 bits per heavy atom. The normalized spacial score (nSPS) is 11.7. The van der Waals surface area contributed by atoms with Crippen LogP contribution in [0.4, 0.5) is 0 Å². The Bertz CT molecular complexity index is 885. The molecular weight excluding hydrogens is 430 g/mol. The number of aliphatic hydroxyl groups excluding tert-OH is 1. The van der Waals surface area contributed by atoms with Crippen LogP contribution >= 0.6 is 15.9 Å². The fraction of sp³-hybridized carbons (Fsp3) is 0.208. The number of hydrogen-bond acceptors (Lipinski definition) is 3. The SMILES string of the molecule is O=C(CBr)N(Cc1ccccc1)C[C@H](O)c1ccc(OCc2ccccc2)cc1. The number of ether oxygens (including phenoxy) is 1. The van der Waals surface area contributed by atoms with Crippen molar-refractivity contribution in [1.82, 2.24) is 4.90 Å². The van der Waals surface area contributed by atoms with Gasteiger partial charge in [-0.15, -0.1) is 0 Å². The molecule has 1 atom stereocenters. The summed E-state index contributed by atoms with van der Waals surface area (Å²) in [4.78, 5) is 14.0. The van der Waals surface area contributed by atoms with E-state index in [2.05, 4.69) is 15.9 Å². The van der Waals surface area contributed by atoms with Crippen LogP contribution < -0.4 is 4.74 Å². The quantitative estimate of drug-likeness (QED) is 0.476. The second kappa shape index (κ2) is 10.8. The van der Waals surface area contributed by atoms with E-state index in [4.69, 9.17) is 4.74 Å². The van der Waals surface area contributed by atoms with E-state index >= 15 is 0 Å². The first-order valence-electron chi connectivity index (χ1n) is 9.48. The average Bonchev–Trinajstić information content (AvgIpc) is 2.78. The molecule has 0 saturated heterocycles. The second-order valence-corrected chi connectivity index (χ2v) is 7.31. The maximum atomic E-state index is 12.3. The van der Waals surface area contributed by atoms with Gasteiger partial charge in [0.05, 0.1) is 18.0 Å². The van der Waals surface area contributed by atoms with Crippen LogP contribution in [0.3, 0.4) is 0 Å². The van der Waals surface area contributed by atoms with Crippen LogP contribution in [0.5, 0.6) is 5.75 Å². The lowest BCUT2D eigenvalue weighted by molar-refractivity contribution is -0.130. The summed E-state index contributed by atoms with van der Waals surface area (Å²) in [5.74, 6) is 0.679. The molecule has 0 saturated carbocycles. The van der Waals surface area contributed by atoms with Crippen LogP contribution in [0.25, 0.3) is 0 Å². The smallest absolute Gasteiger partial charge is 0.233 e. The molecule has 1 N–H and O–H groups in total. The van der Waals surface area contributed by atoms with Crippen LogP contribution in [0.2, 0.25) is 0 Å². The van der Waals surface area contributed by atoms with Crippen molar-refractivity contribution in [2.45, 2.75) is 19.3 Å². The van der Waals surface area contributed by atoms with E-state index in [1.54, 1.807) is 4.90 Å². The molecule has 4 nitrogen and oxygen atoms in total. The van der Waals surface area contributed by atoms with Gasteiger partial charge in [0.1, 0.15) is 12.4 Å². The molecule has 0 aliphatic heterocycles. The molecule has 3 rings (SSSR count). The Labute approximate surface area is 179 Å². The summed E-state index contributed by atoms with van der Waals surface area (Å²) in [6, 6.07) is 27.1. The van der Waals surface area contributed by atoms with Crippen molar-refractivity contribution in [1.29, 1.82) is 0 Å². The third kappa shape index (κ3) is 6.44. The number of alkyl halides is 1. The highest BCUT2D eigenvalue weighted by atomic mass is 79.9. The molecule has 3 aromatic rings. The van der Waals surface area contributed by atoms with Gasteiger partial charge in [0, 0.05) is 6.54 Å². The first kappa shape index (κ1) is 21.1. The lowest BCUT2D eigenvalue weighted by Gasteiger charge is -2.25. The summed E-state index contributed by atoms with van der Waals surface area (Å²) in [5, 5.41) is 10.9. The molecule has 0 radical (unpaired) electrons. The number of rotatable bonds is 9. The number of benzene rings is 3. The Morgan fingerprint density at radius 2 is 1.48 bits per heavy atom. The van der Waals surface area contributed by atoms with Crippen LogP contribution in [-0.2, 0) is 17.9 Å². The van der Waals surface area contributed by atoms with Gasteiger partial charge in [-0.1, -0.05) is 88.7 Å². The summed E-state index contributed by atoms with van der Waals surface area (Å²) in [5.41, 5.74) is 2.87. The molecule has 0 spiro atoms. The van der Waals surface area contributed by atoms with Gasteiger partial charge in [-0.3, -0.25) is 4.79 Å². The maximum absolute atomic E-state index is 12.3. The van der Waals surface area contributed by atoms with Gasteiger partial charge in [0.25, 0.3) is 0 Å². The zero-order valence-corrected chi connectivity index (χ0v) is 17.7. The third-order valence-electron chi connectivity index (χ3n) is 4.59. The lowest BCUT2D eigenvalue weighted by Crippen LogP contribution is -2.35. The molecule has 0 aromatic heterocycles. The average molecular weight is 454 g/mol. The molecule has 1 amide bonds. The predicted molar refractivity (Wildman–Crippen MR) is 118 cm³/mol. The van der Waals surface area contributed by atoms with E-state index in [9.17, 15) is 9.90 Å². The number of halogens is 1. The molecule has 29 heavy (non-hydrogen) atoms. The number of amides is 1. The molecular formula is C24H24BrNO3. The topological polar surface area (TPSA) is 49.8 Å². The number of hydrogen-bond donors (Lipinski definition) is 1. The molecule has 3 aromatic carbocycles. The minimum atomic E-state index is -0.773. The standard InChI is InChI=1S/C24H24BrNO3/c25-15-24(28)26(16-19-7-3-1-4-8-19)17-23(27)21-11-13-22(14-12-21)29-18-20-9-5-2-6-10-20/h1-14,23,27H,15-18H2/t23-/m0/s1.